The molecule has 19 heavy (non-hydrogen) atoms. The van der Waals surface area contributed by atoms with E-state index < -0.39 is 0 Å². The smallest absolute Gasteiger partial charge is 0.162 e. The Morgan fingerprint density at radius 2 is 1.84 bits per heavy atom. The molecule has 102 valence electrons. The highest BCUT2D eigenvalue weighted by atomic mass is 32.2. The molecule has 4 rings (SSSR count). The highest BCUT2D eigenvalue weighted by Crippen LogP contribution is 2.43. The summed E-state index contributed by atoms with van der Waals surface area (Å²) in [4.78, 5) is 1.37. The van der Waals surface area contributed by atoms with Gasteiger partial charge in [-0.25, -0.2) is 0 Å². The number of thioether (sulfide) groups is 1. The van der Waals surface area contributed by atoms with Crippen LogP contribution in [0.3, 0.4) is 0 Å². The molecule has 4 heteroatoms. The van der Waals surface area contributed by atoms with E-state index >= 15 is 0 Å². The number of hydrogen-bond acceptors (Lipinski definition) is 4. The van der Waals surface area contributed by atoms with Gasteiger partial charge in [-0.3, -0.25) is 0 Å². The summed E-state index contributed by atoms with van der Waals surface area (Å²) >= 11 is 1.96. The van der Waals surface area contributed by atoms with Gasteiger partial charge in [0, 0.05) is 17.0 Å². The topological polar surface area (TPSA) is 30.5 Å². The first-order valence-corrected chi connectivity index (χ1v) is 8.21. The minimum atomic E-state index is 0.494. The third-order valence-corrected chi connectivity index (χ3v) is 5.12. The molecule has 3 nitrogen and oxygen atoms in total. The zero-order chi connectivity index (χ0) is 12.7. The van der Waals surface area contributed by atoms with Crippen molar-refractivity contribution in [3.05, 3.63) is 17.7 Å². The molecule has 1 atom stereocenters. The summed E-state index contributed by atoms with van der Waals surface area (Å²) in [5.41, 5.74) is 1.42. The van der Waals surface area contributed by atoms with E-state index in [0.717, 1.165) is 17.5 Å². The van der Waals surface area contributed by atoms with Gasteiger partial charge < -0.3 is 14.8 Å². The predicted molar refractivity (Wildman–Crippen MR) is 76.3 cm³/mol. The van der Waals surface area contributed by atoms with Crippen LogP contribution in [0, 0.1) is 0 Å². The molecule has 2 aliphatic heterocycles. The van der Waals surface area contributed by atoms with Crippen LogP contribution in [0.5, 0.6) is 11.5 Å². The second-order valence-electron chi connectivity index (χ2n) is 5.52. The Morgan fingerprint density at radius 3 is 2.63 bits per heavy atom. The fourth-order valence-electron chi connectivity index (χ4n) is 2.82. The third-order valence-electron chi connectivity index (χ3n) is 3.96. The number of rotatable bonds is 2. The molecule has 1 aromatic rings. The molecule has 0 bridgehead atoms. The molecular weight excluding hydrogens is 258 g/mol. The van der Waals surface area contributed by atoms with Gasteiger partial charge in [0.25, 0.3) is 0 Å². The number of ether oxygens (including phenoxy) is 2. The lowest BCUT2D eigenvalue weighted by molar-refractivity contribution is 0.170. The van der Waals surface area contributed by atoms with Gasteiger partial charge >= 0.3 is 0 Å². The molecule has 3 aliphatic rings. The van der Waals surface area contributed by atoms with Crippen LogP contribution in [-0.4, -0.2) is 25.0 Å². The molecule has 1 fully saturated rings. The molecule has 1 N–H and O–H groups in total. The van der Waals surface area contributed by atoms with Gasteiger partial charge in [0.05, 0.1) is 0 Å². The molecule has 1 saturated carbocycles. The Morgan fingerprint density at radius 1 is 1.05 bits per heavy atom. The van der Waals surface area contributed by atoms with Crippen molar-refractivity contribution in [2.75, 3.05) is 19.0 Å². The van der Waals surface area contributed by atoms with E-state index in [4.69, 9.17) is 9.47 Å². The highest BCUT2D eigenvalue weighted by Gasteiger charge is 2.29. The van der Waals surface area contributed by atoms with Gasteiger partial charge in [0.2, 0.25) is 0 Å². The van der Waals surface area contributed by atoms with E-state index in [0.29, 0.717) is 19.3 Å². The van der Waals surface area contributed by atoms with Crippen molar-refractivity contribution >= 4 is 11.8 Å². The van der Waals surface area contributed by atoms with E-state index in [1.54, 1.807) is 0 Å². The van der Waals surface area contributed by atoms with Crippen LogP contribution in [0.25, 0.3) is 0 Å². The van der Waals surface area contributed by atoms with E-state index in [1.165, 1.54) is 41.9 Å². The number of fused-ring (bicyclic) bond motifs is 2. The average molecular weight is 277 g/mol. The summed E-state index contributed by atoms with van der Waals surface area (Å²) in [6, 6.07) is 5.63. The summed E-state index contributed by atoms with van der Waals surface area (Å²) in [7, 11) is 0. The van der Waals surface area contributed by atoms with Crippen LogP contribution >= 0.6 is 11.8 Å². The summed E-state index contributed by atoms with van der Waals surface area (Å²) in [6.45, 7) is 1.33. The predicted octanol–water partition coefficient (Wildman–Crippen LogP) is 3.14. The van der Waals surface area contributed by atoms with Gasteiger partial charge in [-0.15, -0.1) is 11.8 Å². The number of hydrogen-bond donors (Lipinski definition) is 1. The molecule has 0 aromatic heterocycles. The maximum atomic E-state index is 5.74. The Labute approximate surface area is 118 Å². The largest absolute Gasteiger partial charge is 0.486 e. The van der Waals surface area contributed by atoms with Crippen LogP contribution in [0.1, 0.15) is 37.3 Å². The van der Waals surface area contributed by atoms with E-state index in [-0.39, 0.29) is 0 Å². The first-order chi connectivity index (χ1) is 9.40. The third kappa shape index (κ3) is 2.43. The molecule has 2 heterocycles. The average Bonchev–Trinajstić information content (AvgIpc) is 3.26. The lowest BCUT2D eigenvalue weighted by atomic mass is 10.0. The monoisotopic (exact) mass is 277 g/mol. The summed E-state index contributed by atoms with van der Waals surface area (Å²) in [6.07, 6.45) is 5.18. The van der Waals surface area contributed by atoms with Crippen LogP contribution in [0.15, 0.2) is 17.0 Å². The van der Waals surface area contributed by atoms with Crippen molar-refractivity contribution in [2.45, 2.75) is 42.7 Å². The van der Waals surface area contributed by atoms with Crippen LogP contribution < -0.4 is 14.8 Å². The normalized spacial score (nSPS) is 25.6. The molecule has 0 amide bonds. The van der Waals surface area contributed by atoms with Crippen molar-refractivity contribution in [3.63, 3.8) is 0 Å². The zero-order valence-electron chi connectivity index (χ0n) is 11.0. The molecule has 0 saturated heterocycles. The Bertz CT molecular complexity index is 487. The van der Waals surface area contributed by atoms with Crippen LogP contribution in [-0.2, 0) is 0 Å². The van der Waals surface area contributed by atoms with Crippen molar-refractivity contribution in [1.82, 2.24) is 5.32 Å². The Hall–Kier alpha value is -0.870. The maximum absolute atomic E-state index is 5.74. The van der Waals surface area contributed by atoms with Gasteiger partial charge in [0.1, 0.15) is 13.2 Å². The molecule has 1 aromatic carbocycles. The van der Waals surface area contributed by atoms with Gasteiger partial charge in [0.15, 0.2) is 11.5 Å². The standard InChI is InChI=1S/C15H19NO2S/c1-2-12(16-10-3-4-10)11-8-13-14(18-6-5-17-13)9-15(11)19-7-1/h8-10,12,16H,1-7H2. The second-order valence-corrected chi connectivity index (χ2v) is 6.65. The SMILES string of the molecule is c1c2c(cc3c1SCCCC3NC1CC1)OCCO2. The van der Waals surface area contributed by atoms with E-state index in [2.05, 4.69) is 17.4 Å². The fourth-order valence-corrected chi connectivity index (χ4v) is 3.91. The first kappa shape index (κ1) is 11.9. The van der Waals surface area contributed by atoms with Crippen LogP contribution in [0.4, 0.5) is 0 Å². The number of nitrogens with one attached hydrogen (secondary N) is 1. The minimum absolute atomic E-state index is 0.494. The Balaban J connectivity index is 1.70. The van der Waals surface area contributed by atoms with Crippen molar-refractivity contribution in [2.24, 2.45) is 0 Å². The molecule has 0 spiro atoms. The molecule has 1 unspecified atom stereocenters. The van der Waals surface area contributed by atoms with Gasteiger partial charge in [-0.05, 0) is 49.1 Å². The van der Waals surface area contributed by atoms with Crippen molar-refractivity contribution in [3.8, 4) is 11.5 Å². The summed E-state index contributed by atoms with van der Waals surface area (Å²) in [5.74, 6) is 3.05. The second kappa shape index (κ2) is 4.91. The van der Waals surface area contributed by atoms with Crippen molar-refractivity contribution < 1.29 is 9.47 Å². The molecule has 1 aliphatic carbocycles. The van der Waals surface area contributed by atoms with Gasteiger partial charge in [-0.1, -0.05) is 0 Å². The van der Waals surface area contributed by atoms with Crippen LogP contribution in [0.2, 0.25) is 0 Å². The zero-order valence-corrected chi connectivity index (χ0v) is 11.8. The molecule has 0 radical (unpaired) electrons. The minimum Gasteiger partial charge on any atom is -0.486 e. The fraction of sp³-hybridized carbons (Fsp3) is 0.600. The summed E-state index contributed by atoms with van der Waals surface area (Å²) < 4.78 is 11.4. The van der Waals surface area contributed by atoms with Gasteiger partial charge in [-0.2, -0.15) is 0 Å². The Kier molecular flexibility index (Phi) is 3.08. The summed E-state index contributed by atoms with van der Waals surface area (Å²) in [5, 5.41) is 3.79. The highest BCUT2D eigenvalue weighted by molar-refractivity contribution is 7.99. The first-order valence-electron chi connectivity index (χ1n) is 7.22. The lowest BCUT2D eigenvalue weighted by Crippen LogP contribution is -2.24. The number of benzene rings is 1. The molecular formula is C15H19NO2S. The van der Waals surface area contributed by atoms with E-state index in [9.17, 15) is 0 Å². The maximum Gasteiger partial charge on any atom is 0.162 e. The van der Waals surface area contributed by atoms with E-state index in [1.807, 2.05) is 11.8 Å². The van der Waals surface area contributed by atoms with Crippen molar-refractivity contribution in [1.29, 1.82) is 0 Å². The quantitative estimate of drug-likeness (QED) is 0.899. The lowest BCUT2D eigenvalue weighted by Gasteiger charge is -2.24.